The van der Waals surface area contributed by atoms with E-state index < -0.39 is 30.1 Å². The summed E-state index contributed by atoms with van der Waals surface area (Å²) in [6.07, 6.45) is 1.81. The number of likely N-dealkylation sites (tertiary alicyclic amines) is 1. The molecule has 8 nitrogen and oxygen atoms in total. The van der Waals surface area contributed by atoms with Gasteiger partial charge in [0.15, 0.2) is 0 Å². The molecule has 8 heteroatoms. The smallest absolute Gasteiger partial charge is 0.326 e. The molecule has 2 heterocycles. The zero-order valence-electron chi connectivity index (χ0n) is 17.5. The van der Waals surface area contributed by atoms with Crippen molar-refractivity contribution in [2.45, 2.75) is 69.8 Å². The number of carbonyl (C=O) groups is 3. The van der Waals surface area contributed by atoms with Crippen LogP contribution in [0.25, 0.3) is 0 Å². The molecular formula is C22H30N2O6. The minimum absolute atomic E-state index is 0.229. The minimum Gasteiger partial charge on any atom is -0.480 e. The van der Waals surface area contributed by atoms with Crippen LogP contribution in [0, 0.1) is 0 Å². The highest BCUT2D eigenvalue weighted by Crippen LogP contribution is 2.34. The molecule has 2 aliphatic rings. The topological polar surface area (TPSA) is 105 Å². The van der Waals surface area contributed by atoms with Gasteiger partial charge in [0.25, 0.3) is 0 Å². The van der Waals surface area contributed by atoms with Gasteiger partial charge in [-0.3, -0.25) is 14.9 Å². The lowest BCUT2D eigenvalue weighted by Crippen LogP contribution is -2.55. The molecule has 4 unspecified atom stereocenters. The quantitative estimate of drug-likeness (QED) is 0.584. The van der Waals surface area contributed by atoms with Crippen LogP contribution in [-0.4, -0.2) is 71.3 Å². The van der Waals surface area contributed by atoms with Gasteiger partial charge in [0.1, 0.15) is 12.1 Å². The summed E-state index contributed by atoms with van der Waals surface area (Å²) >= 11 is 0. The SMILES string of the molecule is CCOC(=O)C(CCc1ccccc1)N[C@@H](C)C(=O)N1C(C(=O)O)CC2OCCC21. The Morgan fingerprint density at radius 1 is 1.30 bits per heavy atom. The molecule has 2 saturated heterocycles. The van der Waals surface area contributed by atoms with Gasteiger partial charge in [0, 0.05) is 13.0 Å². The van der Waals surface area contributed by atoms with Crippen molar-refractivity contribution >= 4 is 17.8 Å². The summed E-state index contributed by atoms with van der Waals surface area (Å²) in [5, 5.41) is 12.7. The highest BCUT2D eigenvalue weighted by molar-refractivity contribution is 5.88. The van der Waals surface area contributed by atoms with Crippen LogP contribution in [0.1, 0.15) is 38.7 Å². The zero-order chi connectivity index (χ0) is 21.7. The Morgan fingerprint density at radius 3 is 2.70 bits per heavy atom. The molecule has 0 aliphatic carbocycles. The van der Waals surface area contributed by atoms with Crippen molar-refractivity contribution in [1.29, 1.82) is 0 Å². The number of fused-ring (bicyclic) bond motifs is 1. The Kier molecular flexibility index (Phi) is 7.44. The molecule has 5 atom stereocenters. The standard InChI is InChI=1S/C22H30N2O6/c1-3-29-22(28)16(10-9-15-7-5-4-6-8-15)23-14(2)20(25)24-17-11-12-30-19(17)13-18(24)21(26)27/h4-8,14,16-19,23H,3,9-13H2,1-2H3,(H,26,27)/t14-,16?,17?,18?,19?/m0/s1. The third-order valence-corrected chi connectivity index (χ3v) is 5.82. The molecule has 0 radical (unpaired) electrons. The van der Waals surface area contributed by atoms with Gasteiger partial charge in [0.2, 0.25) is 5.91 Å². The number of aliphatic carboxylic acids is 1. The number of nitrogens with one attached hydrogen (secondary N) is 1. The average molecular weight is 418 g/mol. The van der Waals surface area contributed by atoms with Gasteiger partial charge >= 0.3 is 11.9 Å². The van der Waals surface area contributed by atoms with Gasteiger partial charge in [-0.1, -0.05) is 30.3 Å². The van der Waals surface area contributed by atoms with Crippen LogP contribution in [0.15, 0.2) is 30.3 Å². The van der Waals surface area contributed by atoms with Crippen molar-refractivity contribution in [3.8, 4) is 0 Å². The maximum Gasteiger partial charge on any atom is 0.326 e. The molecule has 1 aromatic carbocycles. The summed E-state index contributed by atoms with van der Waals surface area (Å²) in [6.45, 7) is 4.18. The molecule has 0 saturated carbocycles. The van der Waals surface area contributed by atoms with Gasteiger partial charge in [0.05, 0.1) is 24.8 Å². The Morgan fingerprint density at radius 2 is 2.03 bits per heavy atom. The molecular weight excluding hydrogens is 388 g/mol. The molecule has 1 aromatic rings. The van der Waals surface area contributed by atoms with E-state index >= 15 is 0 Å². The number of aryl methyl sites for hydroxylation is 1. The maximum absolute atomic E-state index is 13.2. The summed E-state index contributed by atoms with van der Waals surface area (Å²) in [5.74, 6) is -1.76. The molecule has 30 heavy (non-hydrogen) atoms. The predicted molar refractivity (Wildman–Crippen MR) is 109 cm³/mol. The highest BCUT2D eigenvalue weighted by atomic mass is 16.5. The van der Waals surface area contributed by atoms with E-state index in [0.29, 0.717) is 32.3 Å². The Labute approximate surface area is 176 Å². The van der Waals surface area contributed by atoms with Crippen LogP contribution < -0.4 is 5.32 Å². The summed E-state index contributed by atoms with van der Waals surface area (Å²) < 4.78 is 10.8. The van der Waals surface area contributed by atoms with Crippen LogP contribution in [0.5, 0.6) is 0 Å². The number of ether oxygens (including phenoxy) is 2. The first kappa shape index (κ1) is 22.2. The van der Waals surface area contributed by atoms with Gasteiger partial charge in [-0.05, 0) is 38.7 Å². The van der Waals surface area contributed by atoms with Crippen molar-refractivity contribution in [2.24, 2.45) is 0 Å². The maximum atomic E-state index is 13.2. The first-order chi connectivity index (χ1) is 14.4. The fraction of sp³-hybridized carbons (Fsp3) is 0.591. The van der Waals surface area contributed by atoms with E-state index in [1.54, 1.807) is 13.8 Å². The second-order valence-electron chi connectivity index (χ2n) is 7.82. The Bertz CT molecular complexity index is 755. The second-order valence-corrected chi connectivity index (χ2v) is 7.82. The summed E-state index contributed by atoms with van der Waals surface area (Å²) in [7, 11) is 0. The Hall–Kier alpha value is -2.45. The number of carboxylic acids is 1. The number of hydrogen-bond acceptors (Lipinski definition) is 6. The lowest BCUT2D eigenvalue weighted by molar-refractivity contribution is -0.151. The minimum atomic E-state index is -1.03. The van der Waals surface area contributed by atoms with Crippen LogP contribution in [0.3, 0.4) is 0 Å². The van der Waals surface area contributed by atoms with E-state index in [9.17, 15) is 19.5 Å². The van der Waals surface area contributed by atoms with Gasteiger partial charge in [-0.2, -0.15) is 0 Å². The normalized spacial score (nSPS) is 24.9. The van der Waals surface area contributed by atoms with Gasteiger partial charge in [-0.15, -0.1) is 0 Å². The van der Waals surface area contributed by atoms with Crippen molar-refractivity contribution < 1.29 is 29.0 Å². The molecule has 0 bridgehead atoms. The number of carbonyl (C=O) groups excluding carboxylic acids is 2. The molecule has 3 rings (SSSR count). The fourth-order valence-electron chi connectivity index (χ4n) is 4.35. The first-order valence-electron chi connectivity index (χ1n) is 10.6. The van der Waals surface area contributed by atoms with Crippen molar-refractivity contribution in [3.63, 3.8) is 0 Å². The second kappa shape index (κ2) is 10.0. The number of nitrogens with zero attached hydrogens (tertiary/aromatic N) is 1. The molecule has 0 aromatic heterocycles. The monoisotopic (exact) mass is 418 g/mol. The van der Waals surface area contributed by atoms with Gasteiger partial charge < -0.3 is 19.5 Å². The number of hydrogen-bond donors (Lipinski definition) is 2. The van der Waals surface area contributed by atoms with Crippen LogP contribution in [0.2, 0.25) is 0 Å². The largest absolute Gasteiger partial charge is 0.480 e. The van der Waals surface area contributed by atoms with E-state index in [1.165, 1.54) is 4.90 Å². The number of benzene rings is 1. The molecule has 2 fully saturated rings. The zero-order valence-corrected chi connectivity index (χ0v) is 17.5. The van der Waals surface area contributed by atoms with Crippen molar-refractivity contribution in [1.82, 2.24) is 10.2 Å². The molecule has 0 spiro atoms. The van der Waals surface area contributed by atoms with E-state index in [0.717, 1.165) is 5.56 Å². The lowest BCUT2D eigenvalue weighted by Gasteiger charge is -2.31. The lowest BCUT2D eigenvalue weighted by atomic mass is 10.0. The first-order valence-corrected chi connectivity index (χ1v) is 10.6. The average Bonchev–Trinajstić information content (AvgIpc) is 3.32. The summed E-state index contributed by atoms with van der Waals surface area (Å²) in [6, 6.07) is 7.26. The van der Waals surface area contributed by atoms with Crippen LogP contribution >= 0.6 is 0 Å². The Balaban J connectivity index is 1.68. The van der Waals surface area contributed by atoms with Crippen LogP contribution in [0.4, 0.5) is 0 Å². The summed E-state index contributed by atoms with van der Waals surface area (Å²) in [5.41, 5.74) is 1.09. The highest BCUT2D eigenvalue weighted by Gasteiger charge is 2.50. The van der Waals surface area contributed by atoms with Gasteiger partial charge in [-0.25, -0.2) is 4.79 Å². The summed E-state index contributed by atoms with van der Waals surface area (Å²) in [4.78, 5) is 38.8. The molecule has 2 aliphatic heterocycles. The number of amides is 1. The molecule has 164 valence electrons. The number of esters is 1. The van der Waals surface area contributed by atoms with E-state index in [4.69, 9.17) is 9.47 Å². The van der Waals surface area contributed by atoms with Crippen molar-refractivity contribution in [3.05, 3.63) is 35.9 Å². The third kappa shape index (κ3) is 4.99. The molecule has 1 amide bonds. The fourth-order valence-corrected chi connectivity index (χ4v) is 4.35. The predicted octanol–water partition coefficient (Wildman–Crippen LogP) is 1.37. The van der Waals surface area contributed by atoms with E-state index in [-0.39, 0.29) is 24.7 Å². The van der Waals surface area contributed by atoms with Crippen molar-refractivity contribution in [2.75, 3.05) is 13.2 Å². The number of carboxylic acid groups (broad SMARTS) is 1. The van der Waals surface area contributed by atoms with E-state index in [1.807, 2.05) is 30.3 Å². The third-order valence-electron chi connectivity index (χ3n) is 5.82. The van der Waals surface area contributed by atoms with Crippen LogP contribution in [-0.2, 0) is 30.3 Å². The van der Waals surface area contributed by atoms with E-state index in [2.05, 4.69) is 5.32 Å². The molecule has 2 N–H and O–H groups in total. The number of rotatable bonds is 9.